The van der Waals surface area contributed by atoms with Gasteiger partial charge in [0.05, 0.1) is 12.1 Å². The minimum atomic E-state index is -0.692. The molecule has 2 aromatic rings. The molecule has 0 N–H and O–H groups in total. The average Bonchev–Trinajstić information content (AvgIpc) is 2.86. The Morgan fingerprint density at radius 3 is 2.71 bits per heavy atom. The quantitative estimate of drug-likeness (QED) is 0.637. The van der Waals surface area contributed by atoms with E-state index >= 15 is 0 Å². The Bertz CT molecular complexity index is 694. The van der Waals surface area contributed by atoms with E-state index in [0.717, 1.165) is 11.3 Å². The molecule has 1 aromatic heterocycles. The molecule has 0 fully saturated rings. The Morgan fingerprint density at radius 1 is 1.43 bits per heavy atom. The molecule has 0 saturated carbocycles. The standard InChI is InChI=1S/C14H11ClFNO3S/c1-7(18)13-12(14(19)20-2)17-11(21-13)6-8-9(15)4-3-5-10(8)16/h3-5H,6H2,1-2H3. The van der Waals surface area contributed by atoms with Crippen molar-refractivity contribution in [1.29, 1.82) is 0 Å². The van der Waals surface area contributed by atoms with Gasteiger partial charge < -0.3 is 4.74 Å². The van der Waals surface area contributed by atoms with Crippen LogP contribution in [0.1, 0.15) is 37.7 Å². The zero-order valence-electron chi connectivity index (χ0n) is 11.3. The average molecular weight is 328 g/mol. The normalized spacial score (nSPS) is 10.5. The first-order valence-electron chi connectivity index (χ1n) is 5.96. The van der Waals surface area contributed by atoms with E-state index in [0.29, 0.717) is 5.01 Å². The number of hydrogen-bond acceptors (Lipinski definition) is 5. The molecule has 0 radical (unpaired) electrons. The fraction of sp³-hybridized carbons (Fsp3) is 0.214. The van der Waals surface area contributed by atoms with Crippen molar-refractivity contribution in [1.82, 2.24) is 4.98 Å². The Kier molecular flexibility index (Phi) is 4.69. The summed E-state index contributed by atoms with van der Waals surface area (Å²) < 4.78 is 18.4. The van der Waals surface area contributed by atoms with Crippen LogP contribution in [-0.2, 0) is 11.2 Å². The number of hydrogen-bond donors (Lipinski definition) is 0. The SMILES string of the molecule is COC(=O)c1nc(Cc2c(F)cccc2Cl)sc1C(C)=O. The molecule has 0 amide bonds. The lowest BCUT2D eigenvalue weighted by molar-refractivity contribution is 0.0591. The molecule has 4 nitrogen and oxygen atoms in total. The summed E-state index contributed by atoms with van der Waals surface area (Å²) in [6.07, 6.45) is 0.105. The smallest absolute Gasteiger partial charge is 0.358 e. The molecule has 0 saturated heterocycles. The van der Waals surface area contributed by atoms with E-state index in [9.17, 15) is 14.0 Å². The highest BCUT2D eigenvalue weighted by molar-refractivity contribution is 7.14. The lowest BCUT2D eigenvalue weighted by Gasteiger charge is -2.02. The van der Waals surface area contributed by atoms with Crippen molar-refractivity contribution in [2.45, 2.75) is 13.3 Å². The molecule has 0 aliphatic rings. The van der Waals surface area contributed by atoms with Crippen molar-refractivity contribution in [3.8, 4) is 0 Å². The van der Waals surface area contributed by atoms with Crippen LogP contribution < -0.4 is 0 Å². The van der Waals surface area contributed by atoms with E-state index in [1.807, 2.05) is 0 Å². The molecule has 7 heteroatoms. The second-order valence-electron chi connectivity index (χ2n) is 4.21. The third-order valence-electron chi connectivity index (χ3n) is 2.76. The number of Topliss-reactive ketones (excluding diaryl/α,β-unsaturated/α-hetero) is 1. The molecule has 0 aliphatic carbocycles. The van der Waals surface area contributed by atoms with Gasteiger partial charge in [-0.1, -0.05) is 17.7 Å². The van der Waals surface area contributed by atoms with Gasteiger partial charge in [-0.25, -0.2) is 14.2 Å². The maximum atomic E-state index is 13.8. The molecule has 110 valence electrons. The summed E-state index contributed by atoms with van der Waals surface area (Å²) in [5, 5.41) is 0.696. The van der Waals surface area contributed by atoms with Crippen molar-refractivity contribution in [2.75, 3.05) is 7.11 Å². The molecule has 0 spiro atoms. The molecule has 2 rings (SSSR count). The van der Waals surface area contributed by atoms with Crippen LogP contribution in [-0.4, -0.2) is 23.8 Å². The van der Waals surface area contributed by atoms with Crippen molar-refractivity contribution < 1.29 is 18.7 Å². The van der Waals surface area contributed by atoms with Crippen molar-refractivity contribution >= 4 is 34.7 Å². The molecular weight excluding hydrogens is 317 g/mol. The number of carbonyl (C=O) groups is 2. The predicted octanol–water partition coefficient (Wildman–Crippen LogP) is 3.52. The Morgan fingerprint density at radius 2 is 2.14 bits per heavy atom. The van der Waals surface area contributed by atoms with E-state index in [-0.39, 0.29) is 33.4 Å². The van der Waals surface area contributed by atoms with Crippen LogP contribution in [0.3, 0.4) is 0 Å². The van der Waals surface area contributed by atoms with Crippen molar-refractivity contribution in [3.63, 3.8) is 0 Å². The fourth-order valence-electron chi connectivity index (χ4n) is 1.77. The van der Waals surface area contributed by atoms with Gasteiger partial charge in [-0.2, -0.15) is 0 Å². The van der Waals surface area contributed by atoms with Crippen LogP contribution in [0.4, 0.5) is 4.39 Å². The first-order chi connectivity index (χ1) is 9.93. The fourth-order valence-corrected chi connectivity index (χ4v) is 2.95. The lowest BCUT2D eigenvalue weighted by atomic mass is 10.1. The highest BCUT2D eigenvalue weighted by Gasteiger charge is 2.22. The second-order valence-corrected chi connectivity index (χ2v) is 5.70. The number of esters is 1. The van der Waals surface area contributed by atoms with Crippen molar-refractivity contribution in [2.24, 2.45) is 0 Å². The molecule has 0 unspecified atom stereocenters. The highest BCUT2D eigenvalue weighted by Crippen LogP contribution is 2.26. The third kappa shape index (κ3) is 3.28. The summed E-state index contributed by atoms with van der Waals surface area (Å²) in [5.74, 6) is -1.44. The van der Waals surface area contributed by atoms with E-state index in [1.54, 1.807) is 6.07 Å². The van der Waals surface area contributed by atoms with Gasteiger partial charge in [0.1, 0.15) is 10.7 Å². The number of halogens is 2. The molecular formula is C14H11ClFNO3S. The molecule has 0 bridgehead atoms. The van der Waals surface area contributed by atoms with E-state index < -0.39 is 11.8 Å². The molecule has 1 heterocycles. The monoisotopic (exact) mass is 327 g/mol. The summed E-state index contributed by atoms with van der Waals surface area (Å²) >= 11 is 6.99. The predicted molar refractivity (Wildman–Crippen MR) is 77.7 cm³/mol. The molecule has 0 aliphatic heterocycles. The first kappa shape index (κ1) is 15.6. The molecule has 0 atom stereocenters. The van der Waals surface area contributed by atoms with Gasteiger partial charge in [-0.05, 0) is 12.1 Å². The van der Waals surface area contributed by atoms with Gasteiger partial charge >= 0.3 is 5.97 Å². The van der Waals surface area contributed by atoms with E-state index in [4.69, 9.17) is 11.6 Å². The van der Waals surface area contributed by atoms with Crippen LogP contribution in [0.2, 0.25) is 5.02 Å². The summed E-state index contributed by atoms with van der Waals surface area (Å²) in [7, 11) is 1.21. The van der Waals surface area contributed by atoms with Crippen LogP contribution in [0.15, 0.2) is 18.2 Å². The number of nitrogens with zero attached hydrogens (tertiary/aromatic N) is 1. The van der Waals surface area contributed by atoms with Gasteiger partial charge in [-0.3, -0.25) is 4.79 Å². The third-order valence-corrected chi connectivity index (χ3v) is 4.27. The van der Waals surface area contributed by atoms with E-state index in [1.165, 1.54) is 26.2 Å². The number of aromatic nitrogens is 1. The first-order valence-corrected chi connectivity index (χ1v) is 7.15. The Hall–Kier alpha value is -1.79. The minimum Gasteiger partial charge on any atom is -0.464 e. The van der Waals surface area contributed by atoms with Gasteiger partial charge in [0, 0.05) is 23.9 Å². The summed E-state index contributed by atoms with van der Waals surface area (Å²) in [6, 6.07) is 4.37. The van der Waals surface area contributed by atoms with Crippen LogP contribution in [0.25, 0.3) is 0 Å². The largest absolute Gasteiger partial charge is 0.464 e. The topological polar surface area (TPSA) is 56.3 Å². The maximum absolute atomic E-state index is 13.8. The lowest BCUT2D eigenvalue weighted by Crippen LogP contribution is -2.07. The zero-order valence-corrected chi connectivity index (χ0v) is 12.8. The van der Waals surface area contributed by atoms with Gasteiger partial charge in [0.2, 0.25) is 0 Å². The number of carbonyl (C=O) groups excluding carboxylic acids is 2. The van der Waals surface area contributed by atoms with E-state index in [2.05, 4.69) is 9.72 Å². The van der Waals surface area contributed by atoms with Gasteiger partial charge in [0.15, 0.2) is 11.5 Å². The summed E-state index contributed by atoms with van der Waals surface area (Å²) in [4.78, 5) is 27.4. The Balaban J connectivity index is 2.42. The maximum Gasteiger partial charge on any atom is 0.358 e. The van der Waals surface area contributed by atoms with Gasteiger partial charge in [0.25, 0.3) is 0 Å². The van der Waals surface area contributed by atoms with Crippen LogP contribution in [0.5, 0.6) is 0 Å². The number of benzene rings is 1. The van der Waals surface area contributed by atoms with Gasteiger partial charge in [-0.15, -0.1) is 11.3 Å². The number of thiazole rings is 1. The number of ketones is 1. The second kappa shape index (κ2) is 6.32. The zero-order chi connectivity index (χ0) is 15.6. The number of ether oxygens (including phenoxy) is 1. The highest BCUT2D eigenvalue weighted by atomic mass is 35.5. The summed E-state index contributed by atoms with van der Waals surface area (Å²) in [6.45, 7) is 1.33. The molecule has 1 aromatic carbocycles. The summed E-state index contributed by atoms with van der Waals surface area (Å²) in [5.41, 5.74) is 0.233. The number of rotatable bonds is 4. The van der Waals surface area contributed by atoms with Crippen LogP contribution in [0, 0.1) is 5.82 Å². The minimum absolute atomic E-state index is 0.0440. The number of methoxy groups -OCH3 is 1. The van der Waals surface area contributed by atoms with Crippen LogP contribution >= 0.6 is 22.9 Å². The van der Waals surface area contributed by atoms with Crippen molar-refractivity contribution in [3.05, 3.63) is 50.2 Å². The molecule has 21 heavy (non-hydrogen) atoms. The Labute approximate surface area is 129 Å².